The zero-order valence-electron chi connectivity index (χ0n) is 9.48. The fourth-order valence-electron chi connectivity index (χ4n) is 1.30. The number of hydrogen-bond acceptors (Lipinski definition) is 6. The van der Waals surface area contributed by atoms with E-state index < -0.39 is 0 Å². The Labute approximate surface area is 107 Å². The van der Waals surface area contributed by atoms with Gasteiger partial charge in [0.05, 0.1) is 24.0 Å². The smallest absolute Gasteiger partial charge is 0.253 e. The maximum Gasteiger partial charge on any atom is 0.253 e. The minimum Gasteiger partial charge on any atom is -0.397 e. The first-order chi connectivity index (χ1) is 8.56. The summed E-state index contributed by atoms with van der Waals surface area (Å²) in [5, 5.41) is 6.40. The second-order valence-corrected chi connectivity index (χ2v) is 3.90. The number of nitrogens with two attached hydrogens (primary N) is 1. The average Bonchev–Trinajstić information content (AvgIpc) is 2.75. The molecule has 3 N–H and O–H groups in total. The van der Waals surface area contributed by atoms with Gasteiger partial charge < -0.3 is 15.6 Å². The molecule has 0 aliphatic rings. The molecule has 0 spiro atoms. The number of carbonyl (C=O) groups excluding carboxylic acids is 1. The van der Waals surface area contributed by atoms with Gasteiger partial charge in [-0.15, -0.1) is 0 Å². The summed E-state index contributed by atoms with van der Waals surface area (Å²) >= 11 is 5.69. The van der Waals surface area contributed by atoms with Crippen molar-refractivity contribution in [2.45, 2.75) is 13.5 Å². The van der Waals surface area contributed by atoms with Crippen LogP contribution in [0.1, 0.15) is 22.1 Å². The number of aromatic nitrogens is 3. The number of hydrogen-bond donors (Lipinski definition) is 2. The highest BCUT2D eigenvalue weighted by Crippen LogP contribution is 2.14. The number of amides is 1. The Kier molecular flexibility index (Phi) is 3.42. The maximum absolute atomic E-state index is 11.8. The average molecular weight is 268 g/mol. The fourth-order valence-corrected chi connectivity index (χ4v) is 1.46. The minimum atomic E-state index is -0.382. The molecule has 1 amide bonds. The molecular weight excluding hydrogens is 258 g/mol. The second-order valence-electron chi connectivity index (χ2n) is 3.51. The molecule has 2 heterocycles. The highest BCUT2D eigenvalue weighted by molar-refractivity contribution is 6.29. The van der Waals surface area contributed by atoms with Crippen LogP contribution in [0.5, 0.6) is 0 Å². The molecule has 0 aromatic carbocycles. The molecule has 2 aromatic heterocycles. The number of halogens is 1. The standard InChI is InChI=1S/C10H10ClN5O2/c1-5-15-9(18-16-5)4-14-10(17)6-2-8(11)13-3-7(6)12/h2-3H,4,12H2,1H3,(H,14,17). The quantitative estimate of drug-likeness (QED) is 0.802. The zero-order chi connectivity index (χ0) is 13.1. The third-order valence-electron chi connectivity index (χ3n) is 2.12. The number of nitrogens with zero attached hydrogens (tertiary/aromatic N) is 3. The minimum absolute atomic E-state index is 0.124. The van der Waals surface area contributed by atoms with Crippen molar-refractivity contribution in [3.8, 4) is 0 Å². The summed E-state index contributed by atoms with van der Waals surface area (Å²) < 4.78 is 4.86. The third kappa shape index (κ3) is 2.75. The molecule has 0 unspecified atom stereocenters. The van der Waals surface area contributed by atoms with Gasteiger partial charge in [-0.25, -0.2) is 4.98 Å². The maximum atomic E-state index is 11.8. The van der Waals surface area contributed by atoms with E-state index in [9.17, 15) is 4.79 Å². The summed E-state index contributed by atoms with van der Waals surface area (Å²) in [5.41, 5.74) is 6.13. The first kappa shape index (κ1) is 12.3. The Balaban J connectivity index is 2.05. The summed E-state index contributed by atoms with van der Waals surface area (Å²) in [4.78, 5) is 19.5. The van der Waals surface area contributed by atoms with Crippen molar-refractivity contribution in [1.29, 1.82) is 0 Å². The van der Waals surface area contributed by atoms with Crippen molar-refractivity contribution < 1.29 is 9.32 Å². The number of pyridine rings is 1. The number of anilines is 1. The molecule has 0 bridgehead atoms. The Hall–Kier alpha value is -2.15. The molecule has 8 heteroatoms. The van der Waals surface area contributed by atoms with Crippen LogP contribution >= 0.6 is 11.6 Å². The largest absolute Gasteiger partial charge is 0.397 e. The SMILES string of the molecule is Cc1noc(CNC(=O)c2cc(Cl)ncc2N)n1. The lowest BCUT2D eigenvalue weighted by Crippen LogP contribution is -2.24. The molecule has 94 valence electrons. The number of carbonyl (C=O) groups is 1. The predicted octanol–water partition coefficient (Wildman–Crippen LogP) is 0.939. The molecule has 0 aliphatic carbocycles. The van der Waals surface area contributed by atoms with Gasteiger partial charge in [-0.05, 0) is 13.0 Å². The van der Waals surface area contributed by atoms with E-state index in [1.165, 1.54) is 12.3 Å². The summed E-state index contributed by atoms with van der Waals surface area (Å²) in [6.45, 7) is 1.81. The molecule has 2 aromatic rings. The van der Waals surface area contributed by atoms with E-state index in [0.717, 1.165) is 0 Å². The van der Waals surface area contributed by atoms with Crippen LogP contribution < -0.4 is 11.1 Å². The van der Waals surface area contributed by atoms with Gasteiger partial charge in [0.1, 0.15) is 5.15 Å². The fraction of sp³-hybridized carbons (Fsp3) is 0.200. The summed E-state index contributed by atoms with van der Waals surface area (Å²) in [6.07, 6.45) is 1.33. The van der Waals surface area contributed by atoms with Gasteiger partial charge in [-0.3, -0.25) is 4.79 Å². The molecule has 0 saturated heterocycles. The Bertz CT molecular complexity index is 583. The predicted molar refractivity (Wildman–Crippen MR) is 63.9 cm³/mol. The molecule has 0 radical (unpaired) electrons. The van der Waals surface area contributed by atoms with E-state index in [1.54, 1.807) is 6.92 Å². The van der Waals surface area contributed by atoms with Crippen LogP contribution in [0.25, 0.3) is 0 Å². The van der Waals surface area contributed by atoms with Gasteiger partial charge in [-0.1, -0.05) is 16.8 Å². The summed E-state index contributed by atoms with van der Waals surface area (Å²) in [5.74, 6) is 0.443. The van der Waals surface area contributed by atoms with Crippen LogP contribution in [-0.4, -0.2) is 21.0 Å². The van der Waals surface area contributed by atoms with E-state index in [4.69, 9.17) is 21.9 Å². The Morgan fingerprint density at radius 3 is 3.06 bits per heavy atom. The van der Waals surface area contributed by atoms with Crippen molar-refractivity contribution in [3.05, 3.63) is 34.7 Å². The van der Waals surface area contributed by atoms with Crippen molar-refractivity contribution >= 4 is 23.2 Å². The molecule has 7 nitrogen and oxygen atoms in total. The van der Waals surface area contributed by atoms with Crippen molar-refractivity contribution in [1.82, 2.24) is 20.4 Å². The molecule has 2 rings (SSSR count). The normalized spacial score (nSPS) is 10.3. The van der Waals surface area contributed by atoms with Gasteiger partial charge in [0.25, 0.3) is 5.91 Å². The highest BCUT2D eigenvalue weighted by atomic mass is 35.5. The number of aryl methyl sites for hydroxylation is 1. The lowest BCUT2D eigenvalue weighted by molar-refractivity contribution is 0.0947. The number of nitrogens with one attached hydrogen (secondary N) is 1. The van der Waals surface area contributed by atoms with Gasteiger partial charge in [-0.2, -0.15) is 4.98 Å². The van der Waals surface area contributed by atoms with Crippen molar-refractivity contribution in [2.24, 2.45) is 0 Å². The molecular formula is C10H10ClN5O2. The van der Waals surface area contributed by atoms with Crippen molar-refractivity contribution in [3.63, 3.8) is 0 Å². The van der Waals surface area contributed by atoms with Crippen LogP contribution in [0.3, 0.4) is 0 Å². The Morgan fingerprint density at radius 2 is 2.39 bits per heavy atom. The highest BCUT2D eigenvalue weighted by Gasteiger charge is 2.12. The summed E-state index contributed by atoms with van der Waals surface area (Å²) in [6, 6.07) is 1.39. The Morgan fingerprint density at radius 1 is 1.61 bits per heavy atom. The van der Waals surface area contributed by atoms with Crippen LogP contribution in [0, 0.1) is 6.92 Å². The number of rotatable bonds is 3. The van der Waals surface area contributed by atoms with Gasteiger partial charge in [0, 0.05) is 0 Å². The monoisotopic (exact) mass is 267 g/mol. The van der Waals surface area contributed by atoms with E-state index >= 15 is 0 Å². The lowest BCUT2D eigenvalue weighted by atomic mass is 10.2. The number of nitrogen functional groups attached to an aromatic ring is 1. The first-order valence-electron chi connectivity index (χ1n) is 5.04. The molecule has 0 atom stereocenters. The third-order valence-corrected chi connectivity index (χ3v) is 2.32. The van der Waals surface area contributed by atoms with Gasteiger partial charge in [0.2, 0.25) is 5.89 Å². The molecule has 0 fully saturated rings. The summed E-state index contributed by atoms with van der Waals surface area (Å²) in [7, 11) is 0. The molecule has 0 aliphatic heterocycles. The van der Waals surface area contributed by atoms with Crippen LogP contribution in [0.4, 0.5) is 5.69 Å². The van der Waals surface area contributed by atoms with Gasteiger partial charge >= 0.3 is 0 Å². The molecule has 18 heavy (non-hydrogen) atoms. The van der Waals surface area contributed by atoms with Crippen molar-refractivity contribution in [2.75, 3.05) is 5.73 Å². The van der Waals surface area contributed by atoms with Crippen LogP contribution in [-0.2, 0) is 6.54 Å². The van der Waals surface area contributed by atoms with E-state index in [-0.39, 0.29) is 28.9 Å². The van der Waals surface area contributed by atoms with Gasteiger partial charge in [0.15, 0.2) is 5.82 Å². The lowest BCUT2D eigenvalue weighted by Gasteiger charge is -2.05. The van der Waals surface area contributed by atoms with E-state index in [0.29, 0.717) is 11.7 Å². The first-order valence-corrected chi connectivity index (χ1v) is 5.42. The zero-order valence-corrected chi connectivity index (χ0v) is 10.2. The van der Waals surface area contributed by atoms with E-state index in [1.807, 2.05) is 0 Å². The topological polar surface area (TPSA) is 107 Å². The van der Waals surface area contributed by atoms with E-state index in [2.05, 4.69) is 20.4 Å². The van der Waals surface area contributed by atoms with Crippen LogP contribution in [0.2, 0.25) is 5.15 Å². The second kappa shape index (κ2) is 5.01. The molecule has 0 saturated carbocycles. The van der Waals surface area contributed by atoms with Crippen LogP contribution in [0.15, 0.2) is 16.8 Å².